The van der Waals surface area contributed by atoms with Crippen molar-refractivity contribution in [2.24, 2.45) is 7.05 Å². The molecule has 0 amide bonds. The van der Waals surface area contributed by atoms with Crippen LogP contribution in [0, 0.1) is 13.8 Å². The highest BCUT2D eigenvalue weighted by Crippen LogP contribution is 2.40. The Balaban J connectivity index is 1.65. The molecule has 5 heterocycles. The molecule has 6 nitrogen and oxygen atoms in total. The number of ether oxygens (including phenoxy) is 1. The van der Waals surface area contributed by atoms with Crippen molar-refractivity contribution in [1.29, 1.82) is 0 Å². The second-order valence-corrected chi connectivity index (χ2v) is 15.5. The topological polar surface area (TPSA) is 77.8 Å². The zero-order valence-corrected chi connectivity index (χ0v) is 30.5. The fourth-order valence-corrected chi connectivity index (χ4v) is 7.64. The number of rotatable bonds is 5. The van der Waals surface area contributed by atoms with Crippen LogP contribution in [0.1, 0.15) is 61.6 Å². The lowest BCUT2D eigenvalue weighted by molar-refractivity contribution is -0.678. The second kappa shape index (κ2) is 12.0. The van der Waals surface area contributed by atoms with E-state index in [-0.39, 0.29) is 24.0 Å². The maximum absolute atomic E-state index is 9.90. The van der Waals surface area contributed by atoms with E-state index in [4.69, 9.17) is 9.72 Å². The van der Waals surface area contributed by atoms with Crippen LogP contribution in [0.15, 0.2) is 77.3 Å². The predicted molar refractivity (Wildman–Crippen MR) is 198 cm³/mol. The molecule has 0 spiro atoms. The Hall–Kier alpha value is -4.20. The third kappa shape index (κ3) is 5.77. The highest BCUT2D eigenvalue weighted by Gasteiger charge is 2.41. The number of aromatic amines is 2. The summed E-state index contributed by atoms with van der Waals surface area (Å²) in [6, 6.07) is 26.3. The Labute approximate surface area is 291 Å². The van der Waals surface area contributed by atoms with Crippen LogP contribution in [0.4, 0.5) is 0 Å². The molecule has 2 aromatic carbocycles. The van der Waals surface area contributed by atoms with Gasteiger partial charge in [-0.1, -0.05) is 73.5 Å². The molecule has 7 rings (SSSR count). The van der Waals surface area contributed by atoms with Gasteiger partial charge in [0.15, 0.2) is 5.69 Å². The second-order valence-electron chi connectivity index (χ2n) is 14.7. The van der Waals surface area contributed by atoms with Gasteiger partial charge in [0.2, 0.25) is 11.4 Å². The summed E-state index contributed by atoms with van der Waals surface area (Å²) in [4.78, 5) is 12.8. The highest BCUT2D eigenvalue weighted by molar-refractivity contribution is 9.10. The minimum atomic E-state index is -0.188. The molecule has 48 heavy (non-hydrogen) atoms. The van der Waals surface area contributed by atoms with Gasteiger partial charge in [-0.25, -0.2) is 0 Å². The van der Waals surface area contributed by atoms with Crippen molar-refractivity contribution in [3.63, 3.8) is 0 Å². The lowest BCUT2D eigenvalue weighted by Gasteiger charge is -2.16. The van der Waals surface area contributed by atoms with E-state index in [1.807, 2.05) is 0 Å². The average Bonchev–Trinajstić information content (AvgIpc) is 3.78. The molecular formula is C41H44BrN4O2+. The van der Waals surface area contributed by atoms with E-state index in [1.54, 1.807) is 0 Å². The fourth-order valence-electron chi connectivity index (χ4n) is 7.20. The SMILES string of the molecule is Cc1ccc(-c2cc3[nH]c2cc2[n+](C)c(c(OCCO)c4cc(-c5ccc(C)cc5)c(cc5nc(c3Br)CC5(C)C)[nH]4)CC2(C)C)cc1. The van der Waals surface area contributed by atoms with Gasteiger partial charge in [-0.05, 0) is 73.0 Å². The molecule has 3 N–H and O–H groups in total. The van der Waals surface area contributed by atoms with Crippen LogP contribution in [0.5, 0.6) is 5.75 Å². The number of H-pyrrole nitrogens is 2. The molecular weight excluding hydrogens is 660 g/mol. The monoisotopic (exact) mass is 703 g/mol. The van der Waals surface area contributed by atoms with E-state index in [2.05, 4.69) is 152 Å². The van der Waals surface area contributed by atoms with Crippen LogP contribution in [0.25, 0.3) is 44.3 Å². The Morgan fingerprint density at radius 2 is 1.33 bits per heavy atom. The maximum Gasteiger partial charge on any atom is 0.226 e. The molecule has 5 aromatic rings. The standard InChI is InChI=1S/C41H43BrN4O2/c1-24-8-12-26(13-9-24)28-18-32-38(42)34-22-40(3,4)36(45-34)20-30-29(27-14-10-25(2)11-15-27)19-33(44-30)39(48-17-16-47)35-23-41(5,6)37(46(35)7)21-31(28)43-32/h8-15,18-21,47H,16-17,22-23H2,1-7H3,(H,43,44)/p+1. The summed E-state index contributed by atoms with van der Waals surface area (Å²) in [6.45, 7) is 13.4. The molecule has 0 aliphatic carbocycles. The number of halogens is 1. The molecule has 246 valence electrons. The number of aryl methyl sites for hydroxylation is 2. The number of aliphatic hydroxyl groups is 1. The van der Waals surface area contributed by atoms with E-state index in [0.29, 0.717) is 0 Å². The van der Waals surface area contributed by atoms with Gasteiger partial charge in [0, 0.05) is 40.2 Å². The van der Waals surface area contributed by atoms with Gasteiger partial charge < -0.3 is 19.8 Å². The molecule has 0 saturated carbocycles. The summed E-state index contributed by atoms with van der Waals surface area (Å²) >= 11 is 4.00. The van der Waals surface area contributed by atoms with Crippen LogP contribution in [-0.4, -0.2) is 33.3 Å². The first-order chi connectivity index (χ1) is 22.8. The van der Waals surface area contributed by atoms with E-state index >= 15 is 0 Å². The van der Waals surface area contributed by atoms with Crippen molar-refractivity contribution < 1.29 is 14.4 Å². The summed E-state index contributed by atoms with van der Waals surface area (Å²) in [5.74, 6) is 0.755. The number of benzene rings is 2. The molecule has 0 fully saturated rings. The minimum absolute atomic E-state index is 0.0722. The molecule has 0 unspecified atom stereocenters. The predicted octanol–water partition coefficient (Wildman–Crippen LogP) is 8.87. The Morgan fingerprint density at radius 1 is 0.771 bits per heavy atom. The number of nitrogens with zero attached hydrogens (tertiary/aromatic N) is 2. The first-order valence-electron chi connectivity index (χ1n) is 16.7. The smallest absolute Gasteiger partial charge is 0.226 e. The van der Waals surface area contributed by atoms with Gasteiger partial charge >= 0.3 is 0 Å². The van der Waals surface area contributed by atoms with Crippen LogP contribution >= 0.6 is 15.9 Å². The summed E-state index contributed by atoms with van der Waals surface area (Å²) in [5, 5.41) is 9.90. The number of fused-ring (bicyclic) bond motifs is 8. The molecule has 2 aliphatic rings. The number of aromatic nitrogens is 4. The van der Waals surface area contributed by atoms with Gasteiger partial charge in [0.1, 0.15) is 13.7 Å². The van der Waals surface area contributed by atoms with Crippen LogP contribution in [0.2, 0.25) is 0 Å². The molecule has 3 aromatic heterocycles. The zero-order valence-electron chi connectivity index (χ0n) is 28.9. The van der Waals surface area contributed by atoms with Crippen molar-refractivity contribution >= 4 is 38.0 Å². The maximum atomic E-state index is 9.90. The zero-order chi connectivity index (χ0) is 34.0. The lowest BCUT2D eigenvalue weighted by atomic mass is 9.86. The van der Waals surface area contributed by atoms with E-state index < -0.39 is 0 Å². The molecule has 7 heteroatoms. The van der Waals surface area contributed by atoms with Crippen LogP contribution in [0.3, 0.4) is 0 Å². The average molecular weight is 705 g/mol. The number of hydrogen-bond acceptors (Lipinski definition) is 3. The normalized spacial score (nSPS) is 15.1. The third-order valence-electron chi connectivity index (χ3n) is 9.95. The quantitative estimate of drug-likeness (QED) is 0.160. The van der Waals surface area contributed by atoms with Gasteiger partial charge in [0.25, 0.3) is 0 Å². The first kappa shape index (κ1) is 32.4. The largest absolute Gasteiger partial charge is 0.483 e. The molecule has 0 atom stereocenters. The van der Waals surface area contributed by atoms with Gasteiger partial charge in [-0.3, -0.25) is 4.98 Å². The van der Waals surface area contributed by atoms with E-state index in [9.17, 15) is 5.11 Å². The van der Waals surface area contributed by atoms with Crippen LogP contribution < -0.4 is 9.30 Å². The van der Waals surface area contributed by atoms with Crippen molar-refractivity contribution in [3.05, 3.63) is 111 Å². The molecule has 8 bridgehead atoms. The first-order valence-corrected chi connectivity index (χ1v) is 17.5. The van der Waals surface area contributed by atoms with E-state index in [0.717, 1.165) is 84.5 Å². The van der Waals surface area contributed by atoms with Gasteiger partial charge in [-0.2, -0.15) is 4.57 Å². The van der Waals surface area contributed by atoms with Gasteiger partial charge in [0.05, 0.1) is 45.2 Å². The van der Waals surface area contributed by atoms with Crippen molar-refractivity contribution in [2.75, 3.05) is 13.2 Å². The number of hydrogen-bond donors (Lipinski definition) is 3. The summed E-state index contributed by atoms with van der Waals surface area (Å²) < 4.78 is 9.71. The summed E-state index contributed by atoms with van der Waals surface area (Å²) in [7, 11) is 2.13. The fraction of sp³-hybridized carbons (Fsp3) is 0.317. The molecule has 2 aliphatic heterocycles. The van der Waals surface area contributed by atoms with Gasteiger partial charge in [-0.15, -0.1) is 0 Å². The Bertz CT molecular complexity index is 2210. The highest BCUT2D eigenvalue weighted by atomic mass is 79.9. The molecule has 0 saturated heterocycles. The van der Waals surface area contributed by atoms with Crippen molar-refractivity contribution in [3.8, 4) is 28.0 Å². The van der Waals surface area contributed by atoms with Crippen molar-refractivity contribution in [1.82, 2.24) is 15.0 Å². The summed E-state index contributed by atoms with van der Waals surface area (Å²) in [6.07, 6.45) is 1.57. The van der Waals surface area contributed by atoms with E-state index in [1.165, 1.54) is 16.8 Å². The Kier molecular flexibility index (Phi) is 8.12. The van der Waals surface area contributed by atoms with Crippen LogP contribution in [-0.2, 0) is 30.7 Å². The Morgan fingerprint density at radius 3 is 1.94 bits per heavy atom. The third-order valence-corrected chi connectivity index (χ3v) is 10.8. The lowest BCUT2D eigenvalue weighted by Crippen LogP contribution is -2.34. The summed E-state index contributed by atoms with van der Waals surface area (Å²) in [5.41, 5.74) is 14.8. The number of nitrogens with one attached hydrogen (secondary N) is 2. The van der Waals surface area contributed by atoms with Crippen molar-refractivity contribution in [2.45, 2.75) is 65.2 Å². The minimum Gasteiger partial charge on any atom is -0.483 e. The number of aliphatic hydroxyl groups excluding tert-OH is 1. The molecule has 0 radical (unpaired) electrons.